The molecule has 0 saturated carbocycles. The zero-order valence-corrected chi connectivity index (χ0v) is 15.5. The molecule has 2 aromatic heterocycles. The number of carbonyl (C=O) groups excluding carboxylic acids is 2. The molecule has 0 saturated heterocycles. The Hall–Kier alpha value is -3.39. The van der Waals surface area contributed by atoms with Crippen LogP contribution in [0.2, 0.25) is 0 Å². The third-order valence-electron chi connectivity index (χ3n) is 4.05. The second-order valence-electron chi connectivity index (χ2n) is 5.92. The zero-order chi connectivity index (χ0) is 19.3. The average molecular weight is 396 g/mol. The maximum Gasteiger partial charge on any atom is 0.349 e. The minimum absolute atomic E-state index is 0.186. The number of benzene rings is 1. The number of pyridine rings is 1. The highest BCUT2D eigenvalue weighted by molar-refractivity contribution is 7.11. The first-order valence-electron chi connectivity index (χ1n) is 8.52. The van der Waals surface area contributed by atoms with Crippen molar-refractivity contribution < 1.29 is 23.8 Å². The van der Waals surface area contributed by atoms with Gasteiger partial charge >= 0.3 is 5.97 Å². The van der Waals surface area contributed by atoms with E-state index in [1.54, 1.807) is 54.0 Å². The van der Waals surface area contributed by atoms with Crippen LogP contribution in [0, 0.1) is 0 Å². The molecule has 0 spiro atoms. The van der Waals surface area contributed by atoms with Crippen LogP contribution in [0.3, 0.4) is 0 Å². The van der Waals surface area contributed by atoms with Crippen molar-refractivity contribution in [2.24, 2.45) is 0 Å². The summed E-state index contributed by atoms with van der Waals surface area (Å²) < 4.78 is 16.1. The van der Waals surface area contributed by atoms with Crippen LogP contribution >= 0.6 is 11.3 Å². The van der Waals surface area contributed by atoms with Crippen LogP contribution in [0.4, 0.5) is 0 Å². The zero-order valence-electron chi connectivity index (χ0n) is 14.7. The molecule has 1 unspecified atom stereocenters. The number of rotatable bonds is 6. The molecular weight excluding hydrogens is 380 g/mol. The highest BCUT2D eigenvalue weighted by Gasteiger charge is 2.27. The Labute approximate surface area is 164 Å². The molecule has 0 radical (unpaired) electrons. The third-order valence-corrected chi connectivity index (χ3v) is 4.90. The van der Waals surface area contributed by atoms with E-state index in [0.717, 1.165) is 5.56 Å². The molecule has 1 amide bonds. The Morgan fingerprint density at radius 3 is 2.82 bits per heavy atom. The second-order valence-corrected chi connectivity index (χ2v) is 6.87. The van der Waals surface area contributed by atoms with Crippen LogP contribution < -0.4 is 14.8 Å². The van der Waals surface area contributed by atoms with Gasteiger partial charge in [-0.2, -0.15) is 0 Å². The second kappa shape index (κ2) is 8.10. The predicted molar refractivity (Wildman–Crippen MR) is 101 cm³/mol. The van der Waals surface area contributed by atoms with Crippen LogP contribution in [0.5, 0.6) is 11.5 Å². The van der Waals surface area contributed by atoms with Crippen molar-refractivity contribution >= 4 is 23.2 Å². The lowest BCUT2D eigenvalue weighted by Gasteiger charge is -2.17. The first kappa shape index (κ1) is 18.0. The minimum atomic E-state index is -1.15. The molecular formula is C20H16N2O5S. The lowest BCUT2D eigenvalue weighted by Crippen LogP contribution is -2.32. The maximum absolute atomic E-state index is 12.8. The summed E-state index contributed by atoms with van der Waals surface area (Å²) in [5.74, 6) is 0.286. The number of nitrogens with zero attached hydrogens (tertiary/aromatic N) is 1. The maximum atomic E-state index is 12.8. The quantitative estimate of drug-likeness (QED) is 0.645. The van der Waals surface area contributed by atoms with Gasteiger partial charge in [0.2, 0.25) is 12.9 Å². The van der Waals surface area contributed by atoms with E-state index in [1.165, 1.54) is 11.3 Å². The van der Waals surface area contributed by atoms with Crippen LogP contribution in [0.1, 0.15) is 27.0 Å². The molecule has 1 aliphatic heterocycles. The average Bonchev–Trinajstić information content (AvgIpc) is 3.42. The Balaban J connectivity index is 1.47. The first-order valence-corrected chi connectivity index (χ1v) is 9.40. The van der Waals surface area contributed by atoms with Gasteiger partial charge in [-0.25, -0.2) is 4.79 Å². The summed E-state index contributed by atoms with van der Waals surface area (Å²) in [4.78, 5) is 29.7. The largest absolute Gasteiger partial charge is 0.454 e. The summed E-state index contributed by atoms with van der Waals surface area (Å²) in [7, 11) is 0. The van der Waals surface area contributed by atoms with Crippen molar-refractivity contribution in [3.05, 3.63) is 76.2 Å². The molecule has 28 heavy (non-hydrogen) atoms. The molecule has 7 nitrogen and oxygen atoms in total. The fourth-order valence-corrected chi connectivity index (χ4v) is 3.28. The van der Waals surface area contributed by atoms with Crippen molar-refractivity contribution in [2.45, 2.75) is 12.6 Å². The highest BCUT2D eigenvalue weighted by Crippen LogP contribution is 2.32. The number of esters is 1. The Kier molecular flexibility index (Phi) is 5.20. The summed E-state index contributed by atoms with van der Waals surface area (Å²) in [6, 6.07) is 13.9. The number of amides is 1. The summed E-state index contributed by atoms with van der Waals surface area (Å²) in [5, 5.41) is 4.56. The molecule has 0 fully saturated rings. The summed E-state index contributed by atoms with van der Waals surface area (Å²) in [6.45, 7) is 0.431. The van der Waals surface area contributed by atoms with E-state index in [4.69, 9.17) is 14.2 Å². The normalized spacial score (nSPS) is 13.0. The number of hydrogen-bond donors (Lipinski definition) is 1. The Morgan fingerprint density at radius 2 is 2.04 bits per heavy atom. The van der Waals surface area contributed by atoms with Crippen molar-refractivity contribution in [1.82, 2.24) is 10.3 Å². The summed E-state index contributed by atoms with van der Waals surface area (Å²) in [5.41, 5.74) is 1.19. The third kappa shape index (κ3) is 3.96. The number of fused-ring (bicyclic) bond motifs is 1. The van der Waals surface area contributed by atoms with Crippen molar-refractivity contribution in [3.63, 3.8) is 0 Å². The molecule has 142 valence electrons. The van der Waals surface area contributed by atoms with E-state index in [9.17, 15) is 9.59 Å². The van der Waals surface area contributed by atoms with E-state index in [0.29, 0.717) is 22.1 Å². The number of aromatic nitrogens is 1. The monoisotopic (exact) mass is 396 g/mol. The number of thiophene rings is 1. The van der Waals surface area contributed by atoms with Gasteiger partial charge in [0.05, 0.1) is 5.69 Å². The molecule has 3 aromatic rings. The molecule has 0 aliphatic carbocycles. The Morgan fingerprint density at radius 1 is 1.14 bits per heavy atom. The SMILES string of the molecule is O=C(OC(C(=O)NCc1ccc2c(c1)OCO2)c1ccccn1)c1cccs1. The van der Waals surface area contributed by atoms with E-state index in [1.807, 2.05) is 6.07 Å². The molecule has 1 N–H and O–H groups in total. The lowest BCUT2D eigenvalue weighted by molar-refractivity contribution is -0.130. The highest BCUT2D eigenvalue weighted by atomic mass is 32.1. The molecule has 1 aliphatic rings. The van der Waals surface area contributed by atoms with Gasteiger partial charge in [0.1, 0.15) is 4.88 Å². The van der Waals surface area contributed by atoms with Crippen LogP contribution in [-0.2, 0) is 16.1 Å². The van der Waals surface area contributed by atoms with Gasteiger partial charge in [0.25, 0.3) is 5.91 Å². The van der Waals surface area contributed by atoms with Crippen LogP contribution in [0.15, 0.2) is 60.1 Å². The number of carbonyl (C=O) groups is 2. The topological polar surface area (TPSA) is 86.8 Å². The van der Waals surface area contributed by atoms with E-state index < -0.39 is 18.0 Å². The van der Waals surface area contributed by atoms with E-state index in [-0.39, 0.29) is 13.3 Å². The molecule has 8 heteroatoms. The molecule has 4 rings (SSSR count). The first-order chi connectivity index (χ1) is 13.7. The smallest absolute Gasteiger partial charge is 0.349 e. The lowest BCUT2D eigenvalue weighted by atomic mass is 10.1. The van der Waals surface area contributed by atoms with Crippen LogP contribution in [-0.4, -0.2) is 23.7 Å². The molecule has 1 atom stereocenters. The van der Waals surface area contributed by atoms with Crippen molar-refractivity contribution in [2.75, 3.05) is 6.79 Å². The standard InChI is InChI=1S/C20H16N2O5S/c23-19(22-11-13-6-7-15-16(10-13)26-12-25-15)18(14-4-1-2-8-21-14)27-20(24)17-5-3-9-28-17/h1-10,18H,11-12H2,(H,22,23). The van der Waals surface area contributed by atoms with Crippen molar-refractivity contribution in [3.8, 4) is 11.5 Å². The summed E-state index contributed by atoms with van der Waals surface area (Å²) >= 11 is 1.25. The number of hydrogen-bond acceptors (Lipinski definition) is 7. The van der Waals surface area contributed by atoms with Crippen molar-refractivity contribution in [1.29, 1.82) is 0 Å². The fraction of sp³-hybridized carbons (Fsp3) is 0.150. The van der Waals surface area contributed by atoms with Gasteiger partial charge < -0.3 is 19.5 Å². The molecule has 0 bridgehead atoms. The van der Waals surface area contributed by atoms with Gasteiger partial charge in [0, 0.05) is 12.7 Å². The van der Waals surface area contributed by atoms with E-state index >= 15 is 0 Å². The van der Waals surface area contributed by atoms with Crippen LogP contribution in [0.25, 0.3) is 0 Å². The predicted octanol–water partition coefficient (Wildman–Crippen LogP) is 3.09. The number of ether oxygens (including phenoxy) is 3. The molecule has 3 heterocycles. The van der Waals surface area contributed by atoms with Gasteiger partial charge in [-0.15, -0.1) is 11.3 Å². The van der Waals surface area contributed by atoms with E-state index in [2.05, 4.69) is 10.3 Å². The van der Waals surface area contributed by atoms with Gasteiger partial charge in [-0.05, 0) is 41.3 Å². The fourth-order valence-electron chi connectivity index (χ4n) is 2.67. The minimum Gasteiger partial charge on any atom is -0.454 e. The molecule has 1 aromatic carbocycles. The van der Waals surface area contributed by atoms with Gasteiger partial charge in [0.15, 0.2) is 11.5 Å². The van der Waals surface area contributed by atoms with Gasteiger partial charge in [-0.1, -0.05) is 18.2 Å². The number of nitrogens with one attached hydrogen (secondary N) is 1. The Bertz CT molecular complexity index is 976. The van der Waals surface area contributed by atoms with Gasteiger partial charge in [-0.3, -0.25) is 9.78 Å². The summed E-state index contributed by atoms with van der Waals surface area (Å²) in [6.07, 6.45) is 0.400.